The number of aromatic nitrogens is 3. The van der Waals surface area contributed by atoms with Crippen molar-refractivity contribution in [1.82, 2.24) is 24.8 Å². The number of amides is 2. The second-order valence-electron chi connectivity index (χ2n) is 17.1. The van der Waals surface area contributed by atoms with E-state index in [9.17, 15) is 23.5 Å². The van der Waals surface area contributed by atoms with Gasteiger partial charge < -0.3 is 24.2 Å². The standard InChI is InChI=1S/C42H42F3N7O6/c1-7-23-9-8-10-24-13-25(46-38(53)58-40(4,5)6)14-27(29(23)24)32-31(43)33-30-35(49-37(48-33)56-20-41-15-21(2)16-50(41)19-42(44,45)18-41)51-17-26-11-12-28(52(26)39(54)55)34(51)22(3)57-36(30)47-32/h1,8-10,13-14,22,26,28,34H,2,11-12,15-20H2,3-6H3,(H,46,53)(H,54,55). The molecule has 0 saturated carbocycles. The van der Waals surface area contributed by atoms with E-state index in [1.165, 1.54) is 4.90 Å². The van der Waals surface area contributed by atoms with E-state index in [2.05, 4.69) is 22.8 Å². The summed E-state index contributed by atoms with van der Waals surface area (Å²) in [6.45, 7) is 10.9. The van der Waals surface area contributed by atoms with E-state index in [0.717, 1.165) is 5.57 Å². The van der Waals surface area contributed by atoms with Crippen molar-refractivity contribution in [3.05, 3.63) is 53.9 Å². The van der Waals surface area contributed by atoms with Crippen LogP contribution in [-0.4, -0.2) is 110 Å². The van der Waals surface area contributed by atoms with Crippen LogP contribution in [0.4, 0.5) is 34.3 Å². The number of halogens is 3. The lowest BCUT2D eigenvalue weighted by atomic mass is 9.93. The van der Waals surface area contributed by atoms with Crippen LogP contribution in [0.2, 0.25) is 0 Å². The number of anilines is 2. The number of carbonyl (C=O) groups is 2. The van der Waals surface area contributed by atoms with Crippen LogP contribution < -0.4 is 19.7 Å². The van der Waals surface area contributed by atoms with Crippen molar-refractivity contribution < 1.29 is 42.1 Å². The zero-order valence-corrected chi connectivity index (χ0v) is 32.4. The van der Waals surface area contributed by atoms with Gasteiger partial charge in [0, 0.05) is 41.7 Å². The number of terminal acetylenes is 1. The lowest BCUT2D eigenvalue weighted by Gasteiger charge is -2.47. The average molecular weight is 798 g/mol. The van der Waals surface area contributed by atoms with Gasteiger partial charge in [-0.15, -0.1) is 6.42 Å². The smallest absolute Gasteiger partial charge is 0.412 e. The second kappa shape index (κ2) is 13.1. The molecule has 4 saturated heterocycles. The third kappa shape index (κ3) is 6.18. The number of hydrogen-bond donors (Lipinski definition) is 2. The first-order valence-electron chi connectivity index (χ1n) is 19.3. The monoisotopic (exact) mass is 797 g/mol. The third-order valence-corrected chi connectivity index (χ3v) is 11.9. The maximum Gasteiger partial charge on any atom is 0.412 e. The van der Waals surface area contributed by atoms with E-state index in [0.29, 0.717) is 42.1 Å². The second-order valence-corrected chi connectivity index (χ2v) is 17.1. The number of hydrogen-bond acceptors (Lipinski definition) is 10. The molecule has 2 aromatic carbocycles. The van der Waals surface area contributed by atoms with Crippen LogP contribution in [0.3, 0.4) is 0 Å². The predicted octanol–water partition coefficient (Wildman–Crippen LogP) is 7.21. The Hall–Kier alpha value is -5.82. The highest BCUT2D eigenvalue weighted by Crippen LogP contribution is 2.49. The molecular formula is C42H42F3N7O6. The maximum absolute atomic E-state index is 17.7. The number of pyridine rings is 1. The highest BCUT2D eigenvalue weighted by Gasteiger charge is 2.58. The Morgan fingerprint density at radius 2 is 1.97 bits per heavy atom. The number of carbonyl (C=O) groups excluding carboxylic acids is 1. The number of nitrogens with one attached hydrogen (secondary N) is 1. The highest BCUT2D eigenvalue weighted by atomic mass is 19.3. The SMILES string of the molecule is C#Cc1cccc2cc(NC(=O)OC(C)(C)C)cc(-c3nc4c5c(nc(OCC67CC(=C)CN6CC(F)(F)C7)nc5c3F)N3CC5CCC(C3C(C)O4)N5C(=O)O)c12. The molecule has 58 heavy (non-hydrogen) atoms. The van der Waals surface area contributed by atoms with Gasteiger partial charge in [0.05, 0.1) is 30.2 Å². The first-order valence-corrected chi connectivity index (χ1v) is 19.3. The molecule has 4 aromatic rings. The fourth-order valence-corrected chi connectivity index (χ4v) is 9.87. The number of nitrogens with zero attached hydrogens (tertiary/aromatic N) is 6. The Morgan fingerprint density at radius 1 is 1.17 bits per heavy atom. The fourth-order valence-electron chi connectivity index (χ4n) is 9.87. The van der Waals surface area contributed by atoms with Crippen molar-refractivity contribution in [3.8, 4) is 35.5 Å². The van der Waals surface area contributed by atoms with Gasteiger partial charge in [0.1, 0.15) is 40.7 Å². The number of carboxylic acid groups (broad SMARTS) is 1. The number of ether oxygens (including phenoxy) is 3. The highest BCUT2D eigenvalue weighted by molar-refractivity contribution is 6.06. The summed E-state index contributed by atoms with van der Waals surface area (Å²) in [7, 11) is 0. The molecule has 9 rings (SSSR count). The zero-order valence-electron chi connectivity index (χ0n) is 32.4. The van der Waals surface area contributed by atoms with Crippen LogP contribution >= 0.6 is 0 Å². The van der Waals surface area contributed by atoms with Gasteiger partial charge in [0.15, 0.2) is 5.82 Å². The summed E-state index contributed by atoms with van der Waals surface area (Å²) >= 11 is 0. The summed E-state index contributed by atoms with van der Waals surface area (Å²) in [5.74, 6) is -0.904. The maximum atomic E-state index is 17.7. The van der Waals surface area contributed by atoms with Crippen molar-refractivity contribution in [1.29, 1.82) is 0 Å². The molecule has 2 amide bonds. The van der Waals surface area contributed by atoms with E-state index >= 15 is 4.39 Å². The summed E-state index contributed by atoms with van der Waals surface area (Å²) < 4.78 is 65.7. The van der Waals surface area contributed by atoms with Crippen LogP contribution in [0.5, 0.6) is 11.9 Å². The van der Waals surface area contributed by atoms with Crippen molar-refractivity contribution in [2.24, 2.45) is 0 Å². The summed E-state index contributed by atoms with van der Waals surface area (Å²) in [5, 5.41) is 14.2. The molecule has 5 aliphatic rings. The Bertz CT molecular complexity index is 2490. The molecule has 0 aliphatic carbocycles. The molecule has 2 N–H and O–H groups in total. The van der Waals surface area contributed by atoms with Crippen LogP contribution in [0.1, 0.15) is 58.9 Å². The fraction of sp³-hybridized carbons (Fsp3) is 0.452. The quantitative estimate of drug-likeness (QED) is 0.156. The minimum atomic E-state index is -2.93. The number of fused-ring (bicyclic) bond motifs is 7. The van der Waals surface area contributed by atoms with Crippen LogP contribution in [0.15, 0.2) is 42.5 Å². The molecule has 4 fully saturated rings. The van der Waals surface area contributed by atoms with Gasteiger partial charge in [-0.1, -0.05) is 30.2 Å². The van der Waals surface area contributed by atoms with Crippen LogP contribution in [0.25, 0.3) is 32.9 Å². The van der Waals surface area contributed by atoms with Crippen molar-refractivity contribution >= 4 is 45.4 Å². The molecule has 2 aromatic heterocycles. The lowest BCUT2D eigenvalue weighted by Crippen LogP contribution is -2.64. The van der Waals surface area contributed by atoms with E-state index in [1.807, 2.05) is 11.8 Å². The van der Waals surface area contributed by atoms with Crippen molar-refractivity contribution in [2.45, 2.75) is 94.7 Å². The van der Waals surface area contributed by atoms with Crippen LogP contribution in [-0.2, 0) is 4.74 Å². The number of piperazine rings is 1. The number of rotatable bonds is 5. The number of alkyl halides is 2. The first kappa shape index (κ1) is 37.7. The Labute approximate surface area is 332 Å². The molecule has 302 valence electrons. The predicted molar refractivity (Wildman–Crippen MR) is 209 cm³/mol. The number of benzene rings is 2. The molecule has 16 heteroatoms. The van der Waals surface area contributed by atoms with Crippen LogP contribution in [0, 0.1) is 18.2 Å². The normalized spacial score (nSPS) is 25.9. The minimum absolute atomic E-state index is 0.00302. The molecular weight excluding hydrogens is 755 g/mol. The topological polar surface area (TPSA) is 142 Å². The van der Waals surface area contributed by atoms with Gasteiger partial charge >= 0.3 is 18.2 Å². The van der Waals surface area contributed by atoms with E-state index in [1.54, 1.807) is 56.0 Å². The molecule has 5 atom stereocenters. The molecule has 5 aliphatic heterocycles. The minimum Gasteiger partial charge on any atom is -0.472 e. The molecule has 0 radical (unpaired) electrons. The van der Waals surface area contributed by atoms with Gasteiger partial charge in [-0.05, 0) is 70.5 Å². The Morgan fingerprint density at radius 3 is 2.71 bits per heavy atom. The Balaban J connectivity index is 1.23. The van der Waals surface area contributed by atoms with Gasteiger partial charge in [-0.3, -0.25) is 15.1 Å². The van der Waals surface area contributed by atoms with E-state index in [-0.39, 0.29) is 64.7 Å². The average Bonchev–Trinajstić information content (AvgIpc) is 3.67. The largest absolute Gasteiger partial charge is 0.472 e. The van der Waals surface area contributed by atoms with Crippen molar-refractivity contribution in [2.75, 3.05) is 36.5 Å². The molecule has 0 spiro atoms. The van der Waals surface area contributed by atoms with Gasteiger partial charge in [-0.25, -0.2) is 27.7 Å². The first-order chi connectivity index (χ1) is 27.4. The molecule has 2 bridgehead atoms. The third-order valence-electron chi connectivity index (χ3n) is 11.9. The van der Waals surface area contributed by atoms with Gasteiger partial charge in [-0.2, -0.15) is 9.97 Å². The van der Waals surface area contributed by atoms with Crippen molar-refractivity contribution in [3.63, 3.8) is 0 Å². The zero-order chi connectivity index (χ0) is 41.1. The summed E-state index contributed by atoms with van der Waals surface area (Å²) in [6, 6.07) is 6.81. The summed E-state index contributed by atoms with van der Waals surface area (Å²) in [4.78, 5) is 44.8. The molecule has 7 heterocycles. The molecule has 13 nitrogen and oxygen atoms in total. The van der Waals surface area contributed by atoms with E-state index < -0.39 is 66.2 Å². The molecule has 5 unspecified atom stereocenters. The van der Waals surface area contributed by atoms with Gasteiger partial charge in [0.2, 0.25) is 5.88 Å². The summed E-state index contributed by atoms with van der Waals surface area (Å²) in [6.07, 6.45) is 4.56. The van der Waals surface area contributed by atoms with E-state index in [4.69, 9.17) is 30.6 Å². The van der Waals surface area contributed by atoms with Gasteiger partial charge in [0.25, 0.3) is 5.92 Å². The Kier molecular flexibility index (Phi) is 8.52. The summed E-state index contributed by atoms with van der Waals surface area (Å²) in [5.41, 5.74) is -0.532. The lowest BCUT2D eigenvalue weighted by molar-refractivity contribution is 0.00925.